The average Bonchev–Trinajstić information content (AvgIpc) is 3.00. The quantitative estimate of drug-likeness (QED) is 0.694. The fourth-order valence-corrected chi connectivity index (χ4v) is 2.51. The highest BCUT2D eigenvalue weighted by Crippen LogP contribution is 2.28. The molecule has 2 aromatic rings. The molecule has 1 heterocycles. The molecule has 3 rings (SSSR count). The van der Waals surface area contributed by atoms with Crippen molar-refractivity contribution in [2.24, 2.45) is 0 Å². The Kier molecular flexibility index (Phi) is 4.18. The van der Waals surface area contributed by atoms with Crippen LogP contribution in [0.3, 0.4) is 0 Å². The van der Waals surface area contributed by atoms with E-state index in [1.54, 1.807) is 24.3 Å². The van der Waals surface area contributed by atoms with Crippen molar-refractivity contribution in [1.29, 1.82) is 0 Å². The van der Waals surface area contributed by atoms with Crippen molar-refractivity contribution < 1.29 is 23.9 Å². The molecule has 0 bridgehead atoms. The van der Waals surface area contributed by atoms with Crippen molar-refractivity contribution in [2.75, 3.05) is 25.1 Å². The molecule has 0 aromatic heterocycles. The first kappa shape index (κ1) is 15.9. The number of rotatable bonds is 3. The molecule has 124 valence electrons. The summed E-state index contributed by atoms with van der Waals surface area (Å²) in [6, 6.07) is 10.7. The van der Waals surface area contributed by atoms with E-state index in [0.29, 0.717) is 34.0 Å². The van der Waals surface area contributed by atoms with Crippen LogP contribution in [0.15, 0.2) is 42.5 Å². The van der Waals surface area contributed by atoms with Gasteiger partial charge in [0.05, 0.1) is 12.2 Å². The van der Waals surface area contributed by atoms with Crippen LogP contribution in [0.25, 0.3) is 11.1 Å². The van der Waals surface area contributed by atoms with Crippen LogP contribution in [0.1, 0.15) is 10.4 Å². The summed E-state index contributed by atoms with van der Waals surface area (Å²) in [7, 11) is 1.23. The number of carbonyl (C=O) groups is 2. The van der Waals surface area contributed by atoms with Crippen LogP contribution >= 0.6 is 0 Å². The van der Waals surface area contributed by atoms with E-state index >= 15 is 0 Å². The Bertz CT molecular complexity index is 790. The molecule has 1 fully saturated rings. The number of hydroxylamine groups is 2. The number of hydrogen-bond acceptors (Lipinski definition) is 4. The third kappa shape index (κ3) is 2.93. The molecule has 0 aliphatic carbocycles. The van der Waals surface area contributed by atoms with Gasteiger partial charge in [0, 0.05) is 18.2 Å². The summed E-state index contributed by atoms with van der Waals surface area (Å²) < 4.78 is 19.2. The number of halogens is 1. The van der Waals surface area contributed by atoms with E-state index < -0.39 is 17.8 Å². The van der Waals surface area contributed by atoms with Crippen molar-refractivity contribution in [3.8, 4) is 11.1 Å². The van der Waals surface area contributed by atoms with E-state index in [1.165, 1.54) is 30.1 Å². The number of amides is 2. The topological polar surface area (TPSA) is 70.1 Å². The van der Waals surface area contributed by atoms with Gasteiger partial charge in [0.25, 0.3) is 5.91 Å². The van der Waals surface area contributed by atoms with Gasteiger partial charge < -0.3 is 4.74 Å². The number of ether oxygens (including phenoxy) is 1. The van der Waals surface area contributed by atoms with Gasteiger partial charge in [-0.05, 0) is 35.9 Å². The standard InChI is InChI=1S/C17H15FN2O4/c1-19(23)16(21)12-4-2-11(3-5-12)14-7-6-13(10-15(14)18)20-8-9-24-17(20)22/h2-7,10,23H,8-9H2,1H3. The third-order valence-corrected chi connectivity index (χ3v) is 3.76. The summed E-state index contributed by atoms with van der Waals surface area (Å²) >= 11 is 0. The first-order valence-corrected chi connectivity index (χ1v) is 7.28. The highest BCUT2D eigenvalue weighted by Gasteiger charge is 2.24. The van der Waals surface area contributed by atoms with Crippen molar-refractivity contribution in [2.45, 2.75) is 0 Å². The zero-order valence-electron chi connectivity index (χ0n) is 12.9. The summed E-state index contributed by atoms with van der Waals surface area (Å²) in [6.07, 6.45) is -0.488. The van der Waals surface area contributed by atoms with E-state index in [9.17, 15) is 14.0 Å². The largest absolute Gasteiger partial charge is 0.447 e. The molecule has 1 N–H and O–H groups in total. The van der Waals surface area contributed by atoms with Gasteiger partial charge in [-0.25, -0.2) is 14.2 Å². The maximum Gasteiger partial charge on any atom is 0.414 e. The number of nitrogens with zero attached hydrogens (tertiary/aromatic N) is 2. The van der Waals surface area contributed by atoms with Crippen LogP contribution in [0.5, 0.6) is 0 Å². The van der Waals surface area contributed by atoms with Gasteiger partial charge in [-0.15, -0.1) is 0 Å². The van der Waals surface area contributed by atoms with Gasteiger partial charge in [-0.3, -0.25) is 14.9 Å². The Morgan fingerprint density at radius 1 is 1.25 bits per heavy atom. The molecule has 7 heteroatoms. The lowest BCUT2D eigenvalue weighted by Crippen LogP contribution is -2.23. The Morgan fingerprint density at radius 3 is 2.50 bits per heavy atom. The van der Waals surface area contributed by atoms with Gasteiger partial charge in [0.2, 0.25) is 0 Å². The maximum absolute atomic E-state index is 14.4. The van der Waals surface area contributed by atoms with Gasteiger partial charge >= 0.3 is 6.09 Å². The molecule has 0 radical (unpaired) electrons. The van der Waals surface area contributed by atoms with Crippen molar-refractivity contribution in [3.63, 3.8) is 0 Å². The lowest BCUT2D eigenvalue weighted by Gasteiger charge is -2.14. The average molecular weight is 330 g/mol. The minimum absolute atomic E-state index is 0.289. The molecule has 2 amide bonds. The normalized spacial score (nSPS) is 13.8. The van der Waals surface area contributed by atoms with Crippen LogP contribution in [0.2, 0.25) is 0 Å². The molecule has 1 aliphatic rings. The molecule has 0 unspecified atom stereocenters. The Hall–Kier alpha value is -2.93. The Labute approximate surface area is 137 Å². The monoisotopic (exact) mass is 330 g/mol. The summed E-state index contributed by atoms with van der Waals surface area (Å²) in [5.41, 5.74) is 1.66. The second-order valence-electron chi connectivity index (χ2n) is 5.34. The van der Waals surface area contributed by atoms with E-state index in [1.807, 2.05) is 0 Å². The molecule has 6 nitrogen and oxygen atoms in total. The van der Waals surface area contributed by atoms with Crippen molar-refractivity contribution in [1.82, 2.24) is 5.06 Å². The molecule has 1 saturated heterocycles. The Morgan fingerprint density at radius 2 is 1.96 bits per heavy atom. The minimum Gasteiger partial charge on any atom is -0.447 e. The summed E-state index contributed by atoms with van der Waals surface area (Å²) in [5.74, 6) is -1.03. The van der Waals surface area contributed by atoms with E-state index in [-0.39, 0.29) is 6.61 Å². The van der Waals surface area contributed by atoms with Gasteiger partial charge in [0.15, 0.2) is 0 Å². The molecular formula is C17H15FN2O4. The lowest BCUT2D eigenvalue weighted by atomic mass is 10.0. The van der Waals surface area contributed by atoms with E-state index in [2.05, 4.69) is 0 Å². The van der Waals surface area contributed by atoms with Gasteiger partial charge in [0.1, 0.15) is 12.4 Å². The zero-order valence-corrected chi connectivity index (χ0v) is 12.9. The van der Waals surface area contributed by atoms with Crippen LogP contribution < -0.4 is 4.90 Å². The fraction of sp³-hybridized carbons (Fsp3) is 0.176. The fourth-order valence-electron chi connectivity index (χ4n) is 2.51. The first-order chi connectivity index (χ1) is 11.5. The van der Waals surface area contributed by atoms with Crippen LogP contribution in [0.4, 0.5) is 14.9 Å². The second kappa shape index (κ2) is 6.29. The van der Waals surface area contributed by atoms with Crippen LogP contribution in [0, 0.1) is 5.82 Å². The smallest absolute Gasteiger partial charge is 0.414 e. The van der Waals surface area contributed by atoms with Crippen molar-refractivity contribution in [3.05, 3.63) is 53.8 Å². The van der Waals surface area contributed by atoms with Gasteiger partial charge in [-0.2, -0.15) is 0 Å². The predicted molar refractivity (Wildman–Crippen MR) is 84.4 cm³/mol. The molecule has 0 saturated carbocycles. The van der Waals surface area contributed by atoms with Crippen LogP contribution in [-0.2, 0) is 4.74 Å². The molecule has 2 aromatic carbocycles. The highest BCUT2D eigenvalue weighted by molar-refractivity contribution is 5.94. The van der Waals surface area contributed by atoms with Crippen LogP contribution in [-0.4, -0.2) is 42.5 Å². The summed E-state index contributed by atoms with van der Waals surface area (Å²) in [4.78, 5) is 24.5. The van der Waals surface area contributed by atoms with Gasteiger partial charge in [-0.1, -0.05) is 12.1 Å². The predicted octanol–water partition coefficient (Wildman–Crippen LogP) is 2.91. The number of benzene rings is 2. The minimum atomic E-state index is -0.551. The SMILES string of the molecule is CN(O)C(=O)c1ccc(-c2ccc(N3CCOC3=O)cc2F)cc1. The number of hydrogen-bond donors (Lipinski definition) is 1. The number of anilines is 1. The molecule has 24 heavy (non-hydrogen) atoms. The van der Waals surface area contributed by atoms with E-state index in [0.717, 1.165) is 0 Å². The van der Waals surface area contributed by atoms with E-state index in [4.69, 9.17) is 9.94 Å². The number of cyclic esters (lactones) is 1. The third-order valence-electron chi connectivity index (χ3n) is 3.76. The summed E-state index contributed by atoms with van der Waals surface area (Å²) in [5, 5.41) is 9.63. The molecular weight excluding hydrogens is 315 g/mol. The highest BCUT2D eigenvalue weighted by atomic mass is 19.1. The first-order valence-electron chi connectivity index (χ1n) is 7.28. The number of carbonyl (C=O) groups excluding carboxylic acids is 2. The molecule has 0 spiro atoms. The Balaban J connectivity index is 1.87. The maximum atomic E-state index is 14.4. The summed E-state index contributed by atoms with van der Waals surface area (Å²) in [6.45, 7) is 0.681. The lowest BCUT2D eigenvalue weighted by molar-refractivity contribution is -0.0374. The van der Waals surface area contributed by atoms with Crippen molar-refractivity contribution >= 4 is 17.7 Å². The molecule has 0 atom stereocenters. The second-order valence-corrected chi connectivity index (χ2v) is 5.34. The zero-order chi connectivity index (χ0) is 17.3. The molecule has 1 aliphatic heterocycles.